The van der Waals surface area contributed by atoms with Crippen molar-refractivity contribution in [3.63, 3.8) is 0 Å². The van der Waals surface area contributed by atoms with E-state index in [9.17, 15) is 9.90 Å². The number of primary amides is 1. The molecule has 160 valence electrons. The number of hydrogen-bond acceptors (Lipinski definition) is 5. The van der Waals surface area contributed by atoms with Gasteiger partial charge in [-0.2, -0.15) is 0 Å². The maximum Gasteiger partial charge on any atom is 0.248 e. The summed E-state index contributed by atoms with van der Waals surface area (Å²) >= 11 is 0. The number of piperidine rings is 1. The van der Waals surface area contributed by atoms with Crippen molar-refractivity contribution in [2.24, 2.45) is 5.73 Å². The number of carbonyl (C=O) groups is 1. The monoisotopic (exact) mass is 409 g/mol. The largest absolute Gasteiger partial charge is 0.393 e. The Morgan fingerprint density at radius 1 is 1.07 bits per heavy atom. The van der Waals surface area contributed by atoms with E-state index in [-0.39, 0.29) is 12.0 Å². The van der Waals surface area contributed by atoms with Gasteiger partial charge in [-0.05, 0) is 75.0 Å². The third-order valence-electron chi connectivity index (χ3n) is 7.47. The van der Waals surface area contributed by atoms with Gasteiger partial charge in [0.25, 0.3) is 0 Å². The van der Waals surface area contributed by atoms with Crippen LogP contribution in [0.3, 0.4) is 0 Å². The van der Waals surface area contributed by atoms with Gasteiger partial charge in [0, 0.05) is 24.2 Å². The van der Waals surface area contributed by atoms with Crippen LogP contribution >= 0.6 is 0 Å². The molecule has 1 aromatic carbocycles. The molecular formula is C23H31N5O2. The van der Waals surface area contributed by atoms with Crippen LogP contribution in [0.4, 0.5) is 0 Å². The molecule has 3 aliphatic rings. The predicted octanol–water partition coefficient (Wildman–Crippen LogP) is 2.76. The van der Waals surface area contributed by atoms with E-state index in [2.05, 4.69) is 27.5 Å². The molecule has 3 atom stereocenters. The fourth-order valence-electron chi connectivity index (χ4n) is 5.82. The van der Waals surface area contributed by atoms with Crippen LogP contribution < -0.4 is 5.73 Å². The number of aliphatic hydroxyl groups is 1. The summed E-state index contributed by atoms with van der Waals surface area (Å²) in [6.45, 7) is 0.860. The summed E-state index contributed by atoms with van der Waals surface area (Å²) < 4.78 is 2.02. The van der Waals surface area contributed by atoms with E-state index in [4.69, 9.17) is 5.73 Å². The second kappa shape index (κ2) is 8.12. The van der Waals surface area contributed by atoms with Crippen molar-refractivity contribution in [3.8, 4) is 0 Å². The van der Waals surface area contributed by atoms with E-state index < -0.39 is 0 Å². The molecule has 0 spiro atoms. The Balaban J connectivity index is 1.24. The lowest BCUT2D eigenvalue weighted by molar-refractivity contribution is 0.0999. The number of amides is 1. The highest BCUT2D eigenvalue weighted by atomic mass is 16.3. The van der Waals surface area contributed by atoms with Gasteiger partial charge in [0.2, 0.25) is 5.91 Å². The molecule has 0 radical (unpaired) electrons. The van der Waals surface area contributed by atoms with Crippen molar-refractivity contribution in [2.75, 3.05) is 0 Å². The zero-order valence-corrected chi connectivity index (χ0v) is 17.4. The van der Waals surface area contributed by atoms with E-state index in [1.807, 2.05) is 16.8 Å². The first-order valence-electron chi connectivity index (χ1n) is 11.3. The summed E-state index contributed by atoms with van der Waals surface area (Å²) in [7, 11) is 0. The van der Waals surface area contributed by atoms with Crippen LogP contribution in [0.2, 0.25) is 0 Å². The fourth-order valence-corrected chi connectivity index (χ4v) is 5.82. The molecule has 2 saturated heterocycles. The Hall–Kier alpha value is -2.25. The van der Waals surface area contributed by atoms with Crippen LogP contribution in [0, 0.1) is 0 Å². The number of rotatable bonds is 5. The Labute approximate surface area is 177 Å². The molecule has 1 aliphatic carbocycles. The van der Waals surface area contributed by atoms with Crippen LogP contribution in [0.15, 0.2) is 30.5 Å². The molecule has 30 heavy (non-hydrogen) atoms. The van der Waals surface area contributed by atoms with Gasteiger partial charge in [-0.3, -0.25) is 9.69 Å². The molecule has 1 aromatic heterocycles. The lowest BCUT2D eigenvalue weighted by Gasteiger charge is -2.38. The third-order valence-corrected chi connectivity index (χ3v) is 7.47. The maximum absolute atomic E-state index is 11.6. The third kappa shape index (κ3) is 3.88. The highest BCUT2D eigenvalue weighted by Gasteiger charge is 2.41. The molecule has 3 fully saturated rings. The van der Waals surface area contributed by atoms with Crippen LogP contribution in [-0.4, -0.2) is 49.1 Å². The second-order valence-electron chi connectivity index (χ2n) is 9.37. The fraction of sp³-hybridized carbons (Fsp3) is 0.609. The van der Waals surface area contributed by atoms with Gasteiger partial charge in [-0.15, -0.1) is 5.10 Å². The SMILES string of the molecule is NC(=O)c1cccc(C2C[C@H]3CC[C@@H](C2)N3Cc2cn(C3CCC(O)CC3)nn2)c1. The molecule has 2 bridgehead atoms. The number of fused-ring (bicyclic) bond motifs is 2. The van der Waals surface area contributed by atoms with E-state index >= 15 is 0 Å². The zero-order valence-electron chi connectivity index (χ0n) is 17.4. The normalized spacial score (nSPS) is 31.7. The average molecular weight is 410 g/mol. The molecule has 1 saturated carbocycles. The topological polar surface area (TPSA) is 97.3 Å². The standard InChI is InChI=1S/C23H31N5O2/c24-23(30)16-3-1-2-15(10-16)17-11-20-4-5-21(12-17)27(20)13-18-14-28(26-25-18)19-6-8-22(29)9-7-19/h1-3,10,14,17,19-22,29H,4-9,11-13H2,(H2,24,30)/t17?,19?,20-,21+,22?. The molecule has 3 heterocycles. The Morgan fingerprint density at radius 3 is 2.47 bits per heavy atom. The highest BCUT2D eigenvalue weighted by Crippen LogP contribution is 2.43. The Kier molecular flexibility index (Phi) is 5.33. The first-order valence-corrected chi connectivity index (χ1v) is 11.3. The number of aromatic nitrogens is 3. The van der Waals surface area contributed by atoms with Gasteiger partial charge < -0.3 is 10.8 Å². The molecule has 1 amide bonds. The number of nitrogens with zero attached hydrogens (tertiary/aromatic N) is 4. The van der Waals surface area contributed by atoms with Gasteiger partial charge >= 0.3 is 0 Å². The second-order valence-corrected chi connectivity index (χ2v) is 9.37. The Morgan fingerprint density at radius 2 is 1.77 bits per heavy atom. The van der Waals surface area contributed by atoms with Crippen LogP contribution in [0.1, 0.15) is 84.9 Å². The van der Waals surface area contributed by atoms with Crippen molar-refractivity contribution in [1.82, 2.24) is 19.9 Å². The summed E-state index contributed by atoms with van der Waals surface area (Å²) in [6, 6.07) is 9.35. The lowest BCUT2D eigenvalue weighted by Crippen LogP contribution is -2.41. The summed E-state index contributed by atoms with van der Waals surface area (Å²) in [4.78, 5) is 14.2. The number of hydrogen-bond donors (Lipinski definition) is 2. The first kappa shape index (κ1) is 19.7. The molecule has 5 rings (SSSR count). The molecule has 1 unspecified atom stereocenters. The lowest BCUT2D eigenvalue weighted by atomic mass is 9.84. The van der Waals surface area contributed by atoms with Gasteiger partial charge in [-0.25, -0.2) is 4.68 Å². The number of aliphatic hydroxyl groups excluding tert-OH is 1. The van der Waals surface area contributed by atoms with E-state index in [1.165, 1.54) is 18.4 Å². The van der Waals surface area contributed by atoms with E-state index in [0.29, 0.717) is 29.6 Å². The van der Waals surface area contributed by atoms with Gasteiger partial charge in [0.15, 0.2) is 0 Å². The molecular weight excluding hydrogens is 378 g/mol. The molecule has 7 nitrogen and oxygen atoms in total. The van der Waals surface area contributed by atoms with Crippen LogP contribution in [0.5, 0.6) is 0 Å². The summed E-state index contributed by atoms with van der Waals surface area (Å²) in [5, 5.41) is 18.6. The van der Waals surface area contributed by atoms with Gasteiger partial charge in [-0.1, -0.05) is 17.3 Å². The van der Waals surface area contributed by atoms with Crippen molar-refractivity contribution in [3.05, 3.63) is 47.3 Å². The number of carbonyl (C=O) groups excluding carboxylic acids is 1. The average Bonchev–Trinajstić information content (AvgIpc) is 3.30. The molecule has 2 aromatic rings. The number of nitrogens with two attached hydrogens (primary N) is 1. The van der Waals surface area contributed by atoms with E-state index in [1.54, 1.807) is 6.07 Å². The summed E-state index contributed by atoms with van der Waals surface area (Å²) in [6.07, 6.45) is 10.3. The van der Waals surface area contributed by atoms with E-state index in [0.717, 1.165) is 50.8 Å². The van der Waals surface area contributed by atoms with Crippen molar-refractivity contribution < 1.29 is 9.90 Å². The predicted molar refractivity (Wildman–Crippen MR) is 113 cm³/mol. The zero-order chi connectivity index (χ0) is 20.7. The summed E-state index contributed by atoms with van der Waals surface area (Å²) in [5.41, 5.74) is 8.37. The Bertz CT molecular complexity index is 891. The van der Waals surface area contributed by atoms with Crippen molar-refractivity contribution in [2.45, 2.75) is 88.1 Å². The smallest absolute Gasteiger partial charge is 0.248 e. The minimum Gasteiger partial charge on any atom is -0.393 e. The van der Waals surface area contributed by atoms with Crippen molar-refractivity contribution >= 4 is 5.91 Å². The number of benzene rings is 1. The first-order chi connectivity index (χ1) is 14.6. The summed E-state index contributed by atoms with van der Waals surface area (Å²) in [5.74, 6) is 0.134. The maximum atomic E-state index is 11.6. The van der Waals surface area contributed by atoms with Gasteiger partial charge in [0.1, 0.15) is 0 Å². The molecule has 2 aliphatic heterocycles. The van der Waals surface area contributed by atoms with Crippen LogP contribution in [0.25, 0.3) is 0 Å². The quantitative estimate of drug-likeness (QED) is 0.791. The molecule has 7 heteroatoms. The minimum absolute atomic E-state index is 0.148. The minimum atomic E-state index is -0.354. The van der Waals surface area contributed by atoms with Crippen LogP contribution in [-0.2, 0) is 6.54 Å². The van der Waals surface area contributed by atoms with Gasteiger partial charge in [0.05, 0.1) is 24.0 Å². The highest BCUT2D eigenvalue weighted by molar-refractivity contribution is 5.92. The van der Waals surface area contributed by atoms with Crippen molar-refractivity contribution in [1.29, 1.82) is 0 Å². The molecule has 3 N–H and O–H groups in total.